The smallest absolute Gasteiger partial charge is 0.247 e. The number of pyridine rings is 1. The van der Waals surface area contributed by atoms with Crippen molar-refractivity contribution in [3.63, 3.8) is 0 Å². The fraction of sp³-hybridized carbons (Fsp3) is 0.273. The van der Waals surface area contributed by atoms with Gasteiger partial charge in [0.1, 0.15) is 16.9 Å². The maximum absolute atomic E-state index is 11.2. The van der Waals surface area contributed by atoms with Gasteiger partial charge in [0.25, 0.3) is 0 Å². The van der Waals surface area contributed by atoms with Crippen LogP contribution in [0.1, 0.15) is 12.8 Å². The zero-order chi connectivity index (χ0) is 11.5. The summed E-state index contributed by atoms with van der Waals surface area (Å²) in [6, 6.07) is 3.26. The lowest BCUT2D eigenvalue weighted by atomic mass is 10.4. The molecule has 1 heterocycles. The van der Waals surface area contributed by atoms with Crippen molar-refractivity contribution in [2.45, 2.75) is 18.9 Å². The number of rotatable bonds is 4. The van der Waals surface area contributed by atoms with Gasteiger partial charge in [0.15, 0.2) is 0 Å². The van der Waals surface area contributed by atoms with E-state index in [1.807, 2.05) is 0 Å². The molecule has 84 valence electrons. The summed E-state index contributed by atoms with van der Waals surface area (Å²) in [6.07, 6.45) is 3.42. The molecule has 0 aliphatic heterocycles. The van der Waals surface area contributed by atoms with Crippen LogP contribution in [0.15, 0.2) is 24.8 Å². The fourth-order valence-corrected chi connectivity index (χ4v) is 1.27. The molecule has 0 spiro atoms. The lowest BCUT2D eigenvalue weighted by Crippen LogP contribution is -2.10. The molecule has 1 amide bonds. The number of hydrogen-bond donors (Lipinski definition) is 1. The minimum atomic E-state index is -0.301. The lowest BCUT2D eigenvalue weighted by molar-refractivity contribution is -0.111. The predicted molar refractivity (Wildman–Crippen MR) is 61.7 cm³/mol. The van der Waals surface area contributed by atoms with Crippen LogP contribution in [0.4, 0.5) is 5.69 Å². The average Bonchev–Trinajstić information content (AvgIpc) is 3.06. The second-order valence-corrected chi connectivity index (χ2v) is 3.88. The zero-order valence-electron chi connectivity index (χ0n) is 8.57. The number of hydrogen-bond acceptors (Lipinski definition) is 3. The van der Waals surface area contributed by atoms with Gasteiger partial charge in [-0.05, 0) is 31.1 Å². The summed E-state index contributed by atoms with van der Waals surface area (Å²) < 4.78 is 5.54. The SMILES string of the molecule is C=CC(=O)Nc1ccc(Cl)nc1OC1CC1. The van der Waals surface area contributed by atoms with Gasteiger partial charge >= 0.3 is 0 Å². The Bertz CT molecular complexity index is 430. The molecule has 1 aliphatic rings. The average molecular weight is 239 g/mol. The third-order valence-corrected chi connectivity index (χ3v) is 2.28. The molecule has 0 atom stereocenters. The van der Waals surface area contributed by atoms with Crippen molar-refractivity contribution in [2.75, 3.05) is 5.32 Å². The van der Waals surface area contributed by atoms with Crippen LogP contribution in [0.2, 0.25) is 5.15 Å². The van der Waals surface area contributed by atoms with Gasteiger partial charge in [0.05, 0.1) is 0 Å². The molecule has 2 rings (SSSR count). The summed E-state index contributed by atoms with van der Waals surface area (Å²) in [4.78, 5) is 15.2. The van der Waals surface area contributed by atoms with Crippen LogP contribution < -0.4 is 10.1 Å². The predicted octanol–water partition coefficient (Wildman–Crippen LogP) is 2.40. The first kappa shape index (κ1) is 11.0. The maximum Gasteiger partial charge on any atom is 0.247 e. The van der Waals surface area contributed by atoms with Gasteiger partial charge in [-0.3, -0.25) is 4.79 Å². The highest BCUT2D eigenvalue weighted by atomic mass is 35.5. The zero-order valence-corrected chi connectivity index (χ0v) is 9.33. The number of amides is 1. The van der Waals surface area contributed by atoms with Crippen LogP contribution in [0.5, 0.6) is 5.88 Å². The molecule has 1 aliphatic carbocycles. The van der Waals surface area contributed by atoms with Crippen molar-refractivity contribution >= 4 is 23.2 Å². The van der Waals surface area contributed by atoms with Crippen molar-refractivity contribution < 1.29 is 9.53 Å². The van der Waals surface area contributed by atoms with Crippen molar-refractivity contribution in [3.05, 3.63) is 29.9 Å². The first-order valence-corrected chi connectivity index (χ1v) is 5.33. The molecular weight excluding hydrogens is 228 g/mol. The highest BCUT2D eigenvalue weighted by Crippen LogP contribution is 2.31. The molecule has 1 aromatic rings. The van der Waals surface area contributed by atoms with Gasteiger partial charge < -0.3 is 10.1 Å². The van der Waals surface area contributed by atoms with E-state index in [1.54, 1.807) is 12.1 Å². The number of anilines is 1. The highest BCUT2D eigenvalue weighted by Gasteiger charge is 2.25. The van der Waals surface area contributed by atoms with E-state index in [0.29, 0.717) is 16.7 Å². The summed E-state index contributed by atoms with van der Waals surface area (Å²) in [7, 11) is 0. The summed E-state index contributed by atoms with van der Waals surface area (Å²) in [5.41, 5.74) is 0.515. The van der Waals surface area contributed by atoms with E-state index in [0.717, 1.165) is 12.8 Å². The van der Waals surface area contributed by atoms with E-state index in [9.17, 15) is 4.79 Å². The summed E-state index contributed by atoms with van der Waals surface area (Å²) >= 11 is 5.77. The van der Waals surface area contributed by atoms with Crippen LogP contribution in [-0.2, 0) is 4.79 Å². The topological polar surface area (TPSA) is 51.2 Å². The van der Waals surface area contributed by atoms with E-state index in [1.165, 1.54) is 6.08 Å². The normalized spacial score (nSPS) is 14.3. The minimum absolute atomic E-state index is 0.199. The summed E-state index contributed by atoms with van der Waals surface area (Å²) in [6.45, 7) is 3.38. The second-order valence-electron chi connectivity index (χ2n) is 3.50. The molecular formula is C11H11ClN2O2. The van der Waals surface area contributed by atoms with Gasteiger partial charge in [-0.2, -0.15) is 4.98 Å². The van der Waals surface area contributed by atoms with Gasteiger partial charge in [-0.25, -0.2) is 0 Å². The molecule has 0 unspecified atom stereocenters. The summed E-state index contributed by atoms with van der Waals surface area (Å²) in [5.74, 6) is 0.0648. The number of ether oxygens (including phenoxy) is 1. The Morgan fingerprint density at radius 1 is 1.62 bits per heavy atom. The molecule has 0 bridgehead atoms. The Morgan fingerprint density at radius 3 is 3.00 bits per heavy atom. The monoisotopic (exact) mass is 238 g/mol. The van der Waals surface area contributed by atoms with Crippen LogP contribution >= 0.6 is 11.6 Å². The maximum atomic E-state index is 11.2. The van der Waals surface area contributed by atoms with Crippen LogP contribution in [0.3, 0.4) is 0 Å². The van der Waals surface area contributed by atoms with Crippen LogP contribution in [-0.4, -0.2) is 17.0 Å². The standard InChI is InChI=1S/C11H11ClN2O2/c1-2-10(15)13-8-5-6-9(12)14-11(8)16-7-3-4-7/h2,5-7H,1,3-4H2,(H,13,15). The van der Waals surface area contributed by atoms with Crippen molar-refractivity contribution in [1.82, 2.24) is 4.98 Å². The van der Waals surface area contributed by atoms with E-state index in [2.05, 4.69) is 16.9 Å². The van der Waals surface area contributed by atoms with Gasteiger partial charge in [-0.1, -0.05) is 18.2 Å². The van der Waals surface area contributed by atoms with Crippen molar-refractivity contribution in [2.24, 2.45) is 0 Å². The molecule has 4 nitrogen and oxygen atoms in total. The Kier molecular flexibility index (Phi) is 3.10. The molecule has 1 saturated carbocycles. The molecule has 1 N–H and O–H groups in total. The van der Waals surface area contributed by atoms with Gasteiger partial charge in [-0.15, -0.1) is 0 Å². The molecule has 0 aromatic carbocycles. The van der Waals surface area contributed by atoms with Crippen LogP contribution in [0, 0.1) is 0 Å². The molecule has 0 saturated heterocycles. The number of carbonyl (C=O) groups is 1. The Balaban J connectivity index is 2.19. The Labute approximate surface area is 98.3 Å². The quantitative estimate of drug-likeness (QED) is 0.647. The Hall–Kier alpha value is -1.55. The largest absolute Gasteiger partial charge is 0.473 e. The number of nitrogens with one attached hydrogen (secondary N) is 1. The molecule has 5 heteroatoms. The Morgan fingerprint density at radius 2 is 2.38 bits per heavy atom. The molecule has 16 heavy (non-hydrogen) atoms. The number of nitrogens with zero attached hydrogens (tertiary/aromatic N) is 1. The minimum Gasteiger partial charge on any atom is -0.473 e. The van der Waals surface area contributed by atoms with E-state index in [4.69, 9.17) is 16.3 Å². The second kappa shape index (κ2) is 4.53. The van der Waals surface area contributed by atoms with Gasteiger partial charge in [0, 0.05) is 0 Å². The molecule has 1 aromatic heterocycles. The van der Waals surface area contributed by atoms with E-state index < -0.39 is 0 Å². The van der Waals surface area contributed by atoms with E-state index >= 15 is 0 Å². The number of aromatic nitrogens is 1. The van der Waals surface area contributed by atoms with E-state index in [-0.39, 0.29) is 12.0 Å². The third-order valence-electron chi connectivity index (χ3n) is 2.07. The van der Waals surface area contributed by atoms with Crippen molar-refractivity contribution in [1.29, 1.82) is 0 Å². The number of halogens is 1. The molecule has 1 fully saturated rings. The van der Waals surface area contributed by atoms with Crippen LogP contribution in [0.25, 0.3) is 0 Å². The molecule has 0 radical (unpaired) electrons. The van der Waals surface area contributed by atoms with Crippen molar-refractivity contribution in [3.8, 4) is 5.88 Å². The first-order chi connectivity index (χ1) is 7.69. The van der Waals surface area contributed by atoms with Gasteiger partial charge in [0.2, 0.25) is 11.8 Å². The highest BCUT2D eigenvalue weighted by molar-refractivity contribution is 6.29. The summed E-state index contributed by atoms with van der Waals surface area (Å²) in [5, 5.41) is 2.96. The lowest BCUT2D eigenvalue weighted by Gasteiger charge is -2.09. The number of carbonyl (C=O) groups excluding carboxylic acids is 1. The third kappa shape index (κ3) is 2.73. The first-order valence-electron chi connectivity index (χ1n) is 4.95. The fourth-order valence-electron chi connectivity index (χ4n) is 1.13.